The molecule has 1 saturated heterocycles. The Morgan fingerprint density at radius 1 is 1.25 bits per heavy atom. The van der Waals surface area contributed by atoms with Crippen LogP contribution in [0.2, 0.25) is 5.02 Å². The van der Waals surface area contributed by atoms with Crippen LogP contribution in [0.5, 0.6) is 0 Å². The van der Waals surface area contributed by atoms with E-state index in [4.69, 9.17) is 16.3 Å². The van der Waals surface area contributed by atoms with Gasteiger partial charge in [-0.15, -0.1) is 0 Å². The summed E-state index contributed by atoms with van der Waals surface area (Å²) in [5, 5.41) is 18.5. The molecule has 1 aliphatic heterocycles. The van der Waals surface area contributed by atoms with Crippen molar-refractivity contribution in [3.63, 3.8) is 0 Å². The lowest BCUT2D eigenvalue weighted by atomic mass is 9.74. The Kier molecular flexibility index (Phi) is 11.7. The number of nitrogens with zero attached hydrogens (tertiary/aromatic N) is 1. The molecule has 3 atom stereocenters. The minimum absolute atomic E-state index is 0.0325. The highest BCUT2D eigenvalue weighted by Gasteiger charge is 2.43. The number of ether oxygens (including phenoxy) is 1. The lowest BCUT2D eigenvalue weighted by Gasteiger charge is -2.43. The van der Waals surface area contributed by atoms with Crippen molar-refractivity contribution in [1.82, 2.24) is 15.5 Å². The topological polar surface area (TPSA) is 73.8 Å². The Balaban J connectivity index is 1.72. The Hall–Kier alpha value is -1.41. The molecule has 0 aromatic heterocycles. The highest BCUT2D eigenvalue weighted by molar-refractivity contribution is 6.31. The van der Waals surface area contributed by atoms with Crippen molar-refractivity contribution < 1.29 is 19.0 Å². The maximum absolute atomic E-state index is 14.4. The second-order valence-electron chi connectivity index (χ2n) is 10.7. The SMILES string of the molecule is CNC[C@H](CC1CCCCC1)NC(=O)N1CCC[C@@H]([C@@](O)(CCCCOC)c2cccc(F)c2Cl)C1. The quantitative estimate of drug-likeness (QED) is 0.317. The van der Waals surface area contributed by atoms with Gasteiger partial charge in [0.25, 0.3) is 0 Å². The van der Waals surface area contributed by atoms with Gasteiger partial charge in [0.2, 0.25) is 0 Å². The number of unbranched alkanes of at least 4 members (excludes halogenated alkanes) is 1. The van der Waals surface area contributed by atoms with Gasteiger partial charge in [0.15, 0.2) is 0 Å². The van der Waals surface area contributed by atoms with Gasteiger partial charge >= 0.3 is 6.03 Å². The zero-order valence-corrected chi connectivity index (χ0v) is 22.8. The summed E-state index contributed by atoms with van der Waals surface area (Å²) in [5.41, 5.74) is -0.905. The number of halogens is 2. The van der Waals surface area contributed by atoms with Gasteiger partial charge in [0.1, 0.15) is 5.82 Å². The first-order valence-electron chi connectivity index (χ1n) is 13.7. The summed E-state index contributed by atoms with van der Waals surface area (Å²) >= 11 is 6.37. The first-order valence-corrected chi connectivity index (χ1v) is 14.1. The normalized spacial score (nSPS) is 21.7. The molecule has 0 spiro atoms. The van der Waals surface area contributed by atoms with Crippen LogP contribution >= 0.6 is 11.6 Å². The van der Waals surface area contributed by atoms with Crippen LogP contribution in [0.1, 0.15) is 76.2 Å². The molecule has 6 nitrogen and oxygen atoms in total. The minimum atomic E-state index is -1.32. The average molecular weight is 526 g/mol. The van der Waals surface area contributed by atoms with E-state index in [1.165, 1.54) is 38.2 Å². The largest absolute Gasteiger partial charge is 0.385 e. The number of benzene rings is 1. The number of urea groups is 1. The van der Waals surface area contributed by atoms with Gasteiger partial charge < -0.3 is 25.4 Å². The van der Waals surface area contributed by atoms with E-state index in [1.807, 2.05) is 11.9 Å². The molecule has 1 saturated carbocycles. The number of hydrogen-bond donors (Lipinski definition) is 3. The summed E-state index contributed by atoms with van der Waals surface area (Å²) in [6, 6.07) is 4.62. The Labute approximate surface area is 221 Å². The minimum Gasteiger partial charge on any atom is -0.385 e. The van der Waals surface area contributed by atoms with E-state index in [-0.39, 0.29) is 23.0 Å². The predicted molar refractivity (Wildman–Crippen MR) is 143 cm³/mol. The number of likely N-dealkylation sites (tertiary alicyclic amines) is 1. The van der Waals surface area contributed by atoms with Crippen LogP contribution in [0.3, 0.4) is 0 Å². The van der Waals surface area contributed by atoms with E-state index in [1.54, 1.807) is 19.2 Å². The summed E-state index contributed by atoms with van der Waals surface area (Å²) in [5.74, 6) is -0.105. The number of carbonyl (C=O) groups excluding carboxylic acids is 1. The van der Waals surface area contributed by atoms with Crippen LogP contribution in [0.15, 0.2) is 18.2 Å². The number of rotatable bonds is 12. The molecule has 0 radical (unpaired) electrons. The predicted octanol–water partition coefficient (Wildman–Crippen LogP) is 5.46. The number of likely N-dealkylation sites (N-methyl/N-ethyl adjacent to an activating group) is 1. The second-order valence-corrected chi connectivity index (χ2v) is 11.1. The first-order chi connectivity index (χ1) is 17.4. The first kappa shape index (κ1) is 29.2. The van der Waals surface area contributed by atoms with E-state index in [9.17, 15) is 14.3 Å². The molecule has 1 aromatic carbocycles. The fraction of sp³-hybridized carbons (Fsp3) is 0.750. The summed E-state index contributed by atoms with van der Waals surface area (Å²) in [7, 11) is 3.58. The van der Waals surface area contributed by atoms with Crippen LogP contribution < -0.4 is 10.6 Å². The van der Waals surface area contributed by atoms with E-state index >= 15 is 0 Å². The molecule has 0 bridgehead atoms. The van der Waals surface area contributed by atoms with Crippen molar-refractivity contribution in [2.24, 2.45) is 11.8 Å². The molecule has 1 aromatic rings. The second kappa shape index (κ2) is 14.5. The summed E-state index contributed by atoms with van der Waals surface area (Å²) < 4.78 is 19.6. The summed E-state index contributed by atoms with van der Waals surface area (Å²) in [6.07, 6.45) is 10.8. The van der Waals surface area contributed by atoms with Gasteiger partial charge in [-0.05, 0) is 57.6 Å². The maximum atomic E-state index is 14.4. The van der Waals surface area contributed by atoms with Gasteiger partial charge in [0, 0.05) is 50.9 Å². The molecule has 8 heteroatoms. The van der Waals surface area contributed by atoms with Gasteiger partial charge in [-0.1, -0.05) is 55.8 Å². The Morgan fingerprint density at radius 2 is 2.03 bits per heavy atom. The zero-order valence-electron chi connectivity index (χ0n) is 22.0. The van der Waals surface area contributed by atoms with Gasteiger partial charge in [-0.25, -0.2) is 9.18 Å². The van der Waals surface area contributed by atoms with Crippen LogP contribution in [0.4, 0.5) is 9.18 Å². The molecular formula is C28H45ClFN3O3. The third kappa shape index (κ3) is 7.80. The van der Waals surface area contributed by atoms with Crippen molar-refractivity contribution >= 4 is 17.6 Å². The van der Waals surface area contributed by atoms with E-state index in [0.29, 0.717) is 44.0 Å². The third-order valence-corrected chi connectivity index (χ3v) is 8.46. The number of methoxy groups -OCH3 is 1. The molecule has 204 valence electrons. The van der Waals surface area contributed by atoms with Crippen LogP contribution in [-0.4, -0.2) is 62.5 Å². The van der Waals surface area contributed by atoms with Crippen molar-refractivity contribution in [1.29, 1.82) is 0 Å². The number of nitrogens with one attached hydrogen (secondary N) is 2. The van der Waals surface area contributed by atoms with Crippen LogP contribution in [-0.2, 0) is 10.3 Å². The molecule has 2 amide bonds. The standard InChI is InChI=1S/C28H45ClFN3O3/c1-31-19-23(18-21-10-4-3-5-11-21)32-27(34)33-16-9-12-22(20-33)28(35,15-6-7-17-36-2)24-13-8-14-25(30)26(24)29/h8,13-14,21-23,31,35H,3-7,9-12,15-20H2,1-2H3,(H,32,34)/t22-,23+,28+/m1/s1. The van der Waals surface area contributed by atoms with Crippen molar-refractivity contribution in [2.45, 2.75) is 82.3 Å². The molecule has 0 unspecified atom stereocenters. The number of carbonyl (C=O) groups is 1. The lowest BCUT2D eigenvalue weighted by Crippen LogP contribution is -2.54. The smallest absolute Gasteiger partial charge is 0.317 e. The molecular weight excluding hydrogens is 481 g/mol. The van der Waals surface area contributed by atoms with Gasteiger partial charge in [0.05, 0.1) is 10.6 Å². The lowest BCUT2D eigenvalue weighted by molar-refractivity contribution is -0.0565. The van der Waals surface area contributed by atoms with Crippen LogP contribution in [0, 0.1) is 17.7 Å². The highest BCUT2D eigenvalue weighted by atomic mass is 35.5. The maximum Gasteiger partial charge on any atom is 0.317 e. The fourth-order valence-corrected chi connectivity index (χ4v) is 6.41. The Bertz CT molecular complexity index is 823. The number of hydrogen-bond acceptors (Lipinski definition) is 4. The molecule has 1 aliphatic carbocycles. The molecule has 2 fully saturated rings. The summed E-state index contributed by atoms with van der Waals surface area (Å²) in [6.45, 7) is 2.39. The third-order valence-electron chi connectivity index (χ3n) is 8.08. The number of piperidine rings is 1. The van der Waals surface area contributed by atoms with Crippen molar-refractivity contribution in [3.8, 4) is 0 Å². The van der Waals surface area contributed by atoms with Crippen molar-refractivity contribution in [3.05, 3.63) is 34.6 Å². The highest BCUT2D eigenvalue weighted by Crippen LogP contribution is 2.43. The monoisotopic (exact) mass is 525 g/mol. The molecule has 2 aliphatic rings. The van der Waals surface area contributed by atoms with Crippen molar-refractivity contribution in [2.75, 3.05) is 40.4 Å². The van der Waals surface area contributed by atoms with Crippen LogP contribution in [0.25, 0.3) is 0 Å². The van der Waals surface area contributed by atoms with E-state index in [0.717, 1.165) is 32.2 Å². The number of aliphatic hydroxyl groups is 1. The van der Waals surface area contributed by atoms with Gasteiger partial charge in [-0.2, -0.15) is 0 Å². The Morgan fingerprint density at radius 3 is 2.75 bits per heavy atom. The zero-order chi connectivity index (χ0) is 26.0. The number of amides is 2. The average Bonchev–Trinajstić information content (AvgIpc) is 2.89. The molecule has 1 heterocycles. The molecule has 3 rings (SSSR count). The van der Waals surface area contributed by atoms with Gasteiger partial charge in [-0.3, -0.25) is 0 Å². The molecule has 3 N–H and O–H groups in total. The van der Waals surface area contributed by atoms with E-state index < -0.39 is 11.4 Å². The van der Waals surface area contributed by atoms with E-state index in [2.05, 4.69) is 10.6 Å². The fourth-order valence-electron chi connectivity index (χ4n) is 6.12. The molecule has 36 heavy (non-hydrogen) atoms. The summed E-state index contributed by atoms with van der Waals surface area (Å²) in [4.78, 5) is 15.2.